The molecule has 0 spiro atoms. The summed E-state index contributed by atoms with van der Waals surface area (Å²) in [5.41, 5.74) is -1.34. The lowest BCUT2D eigenvalue weighted by Crippen LogP contribution is -2.51. The van der Waals surface area contributed by atoms with Gasteiger partial charge in [-0.2, -0.15) is 13.2 Å². The number of carboxylic acid groups (broad SMARTS) is 1. The molecule has 2 aliphatic heterocycles. The highest BCUT2D eigenvalue weighted by molar-refractivity contribution is 6.01. The van der Waals surface area contributed by atoms with E-state index < -0.39 is 29.9 Å². The van der Waals surface area contributed by atoms with Gasteiger partial charge in [0.2, 0.25) is 11.7 Å². The Kier molecular flexibility index (Phi) is 5.58. The molecule has 1 fully saturated rings. The van der Waals surface area contributed by atoms with Crippen molar-refractivity contribution in [2.24, 2.45) is 5.92 Å². The van der Waals surface area contributed by atoms with E-state index in [0.29, 0.717) is 25.0 Å². The lowest BCUT2D eigenvalue weighted by molar-refractivity contribution is -0.222. The maximum absolute atomic E-state index is 13.5. The van der Waals surface area contributed by atoms with Crippen molar-refractivity contribution in [2.75, 3.05) is 25.0 Å². The molecule has 188 valence electrons. The van der Waals surface area contributed by atoms with Crippen LogP contribution in [-0.2, 0) is 15.3 Å². The van der Waals surface area contributed by atoms with Crippen molar-refractivity contribution in [1.29, 1.82) is 0 Å². The van der Waals surface area contributed by atoms with E-state index in [0.717, 1.165) is 0 Å². The number of alkyl halides is 3. The molecule has 2 aromatic carbocycles. The minimum atomic E-state index is -5.31. The van der Waals surface area contributed by atoms with Crippen LogP contribution in [0.25, 0.3) is 11.0 Å². The molecule has 0 radical (unpaired) electrons. The highest BCUT2D eigenvalue weighted by Crippen LogP contribution is 2.47. The van der Waals surface area contributed by atoms with Crippen molar-refractivity contribution in [3.8, 4) is 0 Å². The molecule has 0 saturated carbocycles. The third-order valence-electron chi connectivity index (χ3n) is 6.32. The van der Waals surface area contributed by atoms with Crippen LogP contribution in [-0.4, -0.2) is 63.8 Å². The van der Waals surface area contributed by atoms with Crippen LogP contribution in [0.4, 0.5) is 23.9 Å². The number of esters is 1. The summed E-state index contributed by atoms with van der Waals surface area (Å²) >= 11 is 0. The van der Waals surface area contributed by atoms with Gasteiger partial charge in [-0.15, -0.1) is 0 Å². The molecule has 0 bridgehead atoms. The number of benzene rings is 2. The zero-order chi connectivity index (χ0) is 25.7. The van der Waals surface area contributed by atoms with Crippen LogP contribution in [0.2, 0.25) is 0 Å². The van der Waals surface area contributed by atoms with Crippen molar-refractivity contribution in [1.82, 2.24) is 20.2 Å². The number of rotatable bonds is 5. The number of nitrogens with zero attached hydrogens (tertiary/aromatic N) is 2. The summed E-state index contributed by atoms with van der Waals surface area (Å²) in [4.78, 5) is 44.8. The van der Waals surface area contributed by atoms with Gasteiger partial charge in [-0.3, -0.25) is 15.0 Å². The van der Waals surface area contributed by atoms with Crippen LogP contribution >= 0.6 is 0 Å². The molecule has 36 heavy (non-hydrogen) atoms. The van der Waals surface area contributed by atoms with Gasteiger partial charge in [-0.1, -0.05) is 24.3 Å². The number of ether oxygens (including phenoxy) is 1. The fraction of sp³-hybridized carbons (Fsp3) is 0.304. The number of fused-ring (bicyclic) bond motifs is 2. The Bertz CT molecular complexity index is 1370. The molecule has 2 unspecified atom stereocenters. The van der Waals surface area contributed by atoms with Crippen molar-refractivity contribution in [3.63, 3.8) is 0 Å². The quantitative estimate of drug-likeness (QED) is 0.393. The molecule has 3 aromatic rings. The molecular weight excluding hydrogens is 483 g/mol. The van der Waals surface area contributed by atoms with Crippen LogP contribution in [0, 0.1) is 5.92 Å². The molecule has 1 aromatic heterocycles. The molecule has 1 saturated heterocycles. The molecule has 10 nitrogen and oxygen atoms in total. The molecule has 5 rings (SSSR count). The number of carbonyl (C=O) groups is 3. The topological polar surface area (TPSA) is 137 Å². The van der Waals surface area contributed by atoms with E-state index in [2.05, 4.69) is 20.6 Å². The van der Waals surface area contributed by atoms with Gasteiger partial charge < -0.3 is 20.1 Å². The molecule has 2 atom stereocenters. The Balaban J connectivity index is 1.71. The average Bonchev–Trinajstić information content (AvgIpc) is 3.52. The predicted octanol–water partition coefficient (Wildman–Crippen LogP) is 3.02. The van der Waals surface area contributed by atoms with E-state index in [1.165, 1.54) is 35.2 Å². The van der Waals surface area contributed by atoms with Crippen LogP contribution in [0.1, 0.15) is 27.9 Å². The lowest BCUT2D eigenvalue weighted by atomic mass is 9.92. The summed E-state index contributed by atoms with van der Waals surface area (Å²) in [5.74, 6) is -3.19. The summed E-state index contributed by atoms with van der Waals surface area (Å²) in [6.45, 7) is 1.28. The summed E-state index contributed by atoms with van der Waals surface area (Å²) in [6.07, 6.45) is -5.99. The minimum absolute atomic E-state index is 0.0402. The number of H-pyrrole nitrogens is 1. The van der Waals surface area contributed by atoms with Gasteiger partial charge in [0.15, 0.2) is 0 Å². The van der Waals surface area contributed by atoms with Gasteiger partial charge in [-0.25, -0.2) is 14.6 Å². The smallest absolute Gasteiger partial charge is 0.465 e. The first-order valence-electron chi connectivity index (χ1n) is 11.0. The third-order valence-corrected chi connectivity index (χ3v) is 6.32. The highest BCUT2D eigenvalue weighted by Gasteiger charge is 2.58. The van der Waals surface area contributed by atoms with Gasteiger partial charge in [0, 0.05) is 23.2 Å². The second-order valence-corrected chi connectivity index (χ2v) is 8.60. The van der Waals surface area contributed by atoms with Gasteiger partial charge in [0.25, 0.3) is 5.91 Å². The number of hydrogen-bond donors (Lipinski definition) is 4. The number of imidazole rings is 1. The number of hydrogen-bond acceptors (Lipinski definition) is 6. The monoisotopic (exact) mass is 503 g/mol. The normalized spacial score (nSPS) is 21.6. The number of amides is 2. The molecular formula is C23H20F3N5O5. The number of anilines is 1. The van der Waals surface area contributed by atoms with Crippen molar-refractivity contribution < 1.29 is 37.4 Å². The summed E-state index contributed by atoms with van der Waals surface area (Å²) < 4.78 is 45.8. The number of nitrogens with one attached hydrogen (secondary N) is 3. The Morgan fingerprint density at radius 2 is 2.03 bits per heavy atom. The largest absolute Gasteiger partial charge is 0.491 e. The minimum Gasteiger partial charge on any atom is -0.465 e. The van der Waals surface area contributed by atoms with Crippen LogP contribution < -0.4 is 10.6 Å². The zero-order valence-corrected chi connectivity index (χ0v) is 18.6. The van der Waals surface area contributed by atoms with Gasteiger partial charge in [0.05, 0.1) is 11.0 Å². The molecule has 0 aliphatic carbocycles. The SMILES string of the molecule is O=C(O)Nc1nc2ccc(C3(OC(=O)C(F)(F)F)c4ccccc4C(=O)N3CC3CCNC3)cc2[nH]1. The van der Waals surface area contributed by atoms with Gasteiger partial charge >= 0.3 is 18.2 Å². The number of halogens is 3. The molecule has 3 heterocycles. The number of aromatic amines is 1. The van der Waals surface area contributed by atoms with Gasteiger partial charge in [-0.05, 0) is 43.6 Å². The van der Waals surface area contributed by atoms with Crippen molar-refractivity contribution in [2.45, 2.75) is 18.3 Å². The fourth-order valence-corrected chi connectivity index (χ4v) is 4.79. The fourth-order valence-electron chi connectivity index (χ4n) is 4.79. The first-order valence-corrected chi connectivity index (χ1v) is 11.0. The van der Waals surface area contributed by atoms with E-state index in [1.807, 2.05) is 0 Å². The number of carbonyl (C=O) groups excluding carboxylic acids is 2. The Labute approximate surface area is 201 Å². The Hall–Kier alpha value is -4.13. The van der Waals surface area contributed by atoms with E-state index >= 15 is 0 Å². The first kappa shape index (κ1) is 23.6. The summed E-state index contributed by atoms with van der Waals surface area (Å²) in [5, 5.41) is 14.2. The van der Waals surface area contributed by atoms with Crippen LogP contribution in [0.3, 0.4) is 0 Å². The predicted molar refractivity (Wildman–Crippen MR) is 119 cm³/mol. The van der Waals surface area contributed by atoms with E-state index in [1.54, 1.807) is 12.1 Å². The standard InChI is InChI=1S/C23H20F3N5O5/c24-23(25,26)19(33)36-22(13-5-6-16-17(9-13)29-20(28-16)30-21(34)35)15-4-2-1-3-14(15)18(32)31(22)11-12-7-8-27-10-12/h1-6,9,12,27H,7-8,10-11H2,(H,34,35)(H2,28,29,30). The summed E-state index contributed by atoms with van der Waals surface area (Å²) in [6, 6.07) is 10.3. The highest BCUT2D eigenvalue weighted by atomic mass is 19.4. The van der Waals surface area contributed by atoms with Crippen molar-refractivity contribution >= 4 is 35.0 Å². The second-order valence-electron chi connectivity index (χ2n) is 8.60. The maximum atomic E-state index is 13.5. The number of aromatic nitrogens is 2. The average molecular weight is 503 g/mol. The van der Waals surface area contributed by atoms with Crippen LogP contribution in [0.5, 0.6) is 0 Å². The second kappa shape index (κ2) is 8.52. The van der Waals surface area contributed by atoms with Crippen molar-refractivity contribution in [3.05, 3.63) is 59.2 Å². The Morgan fingerprint density at radius 1 is 1.25 bits per heavy atom. The first-order chi connectivity index (χ1) is 17.1. The maximum Gasteiger partial charge on any atom is 0.491 e. The lowest BCUT2D eigenvalue weighted by Gasteiger charge is -2.40. The molecule has 2 aliphatic rings. The summed E-state index contributed by atoms with van der Waals surface area (Å²) in [7, 11) is 0. The molecule has 13 heteroatoms. The Morgan fingerprint density at radius 3 is 2.72 bits per heavy atom. The van der Waals surface area contributed by atoms with Gasteiger partial charge in [0.1, 0.15) is 0 Å². The molecule has 2 amide bonds. The van der Waals surface area contributed by atoms with E-state index in [-0.39, 0.29) is 40.6 Å². The van der Waals surface area contributed by atoms with Crippen LogP contribution in [0.15, 0.2) is 42.5 Å². The zero-order valence-electron chi connectivity index (χ0n) is 18.6. The molecule has 4 N–H and O–H groups in total. The van der Waals surface area contributed by atoms with E-state index in [9.17, 15) is 27.6 Å². The van der Waals surface area contributed by atoms with E-state index in [4.69, 9.17) is 9.84 Å². The third kappa shape index (κ3) is 3.90.